The lowest BCUT2D eigenvalue weighted by Crippen LogP contribution is -2.24. The predicted molar refractivity (Wildman–Crippen MR) is 90.8 cm³/mol. The summed E-state index contributed by atoms with van der Waals surface area (Å²) in [6.07, 6.45) is 3.19. The first-order chi connectivity index (χ1) is 11.5. The highest BCUT2D eigenvalue weighted by molar-refractivity contribution is 7.89. The second kappa shape index (κ2) is 6.94. The predicted octanol–water partition coefficient (Wildman–Crippen LogP) is 2.11. The normalized spacial score (nSPS) is 11.5. The first kappa shape index (κ1) is 16.4. The molecular formula is C17H18N4O2S. The number of hydrogen-bond acceptors (Lipinski definition) is 4. The van der Waals surface area contributed by atoms with Crippen molar-refractivity contribution >= 4 is 10.0 Å². The Hall–Kier alpha value is -2.51. The quantitative estimate of drug-likeness (QED) is 0.744. The third-order valence-electron chi connectivity index (χ3n) is 3.55. The Bertz CT molecular complexity index is 906. The zero-order valence-corrected chi connectivity index (χ0v) is 14.1. The molecular weight excluding hydrogens is 324 g/mol. The van der Waals surface area contributed by atoms with E-state index in [0.717, 1.165) is 5.56 Å². The van der Waals surface area contributed by atoms with Gasteiger partial charge in [0.25, 0.3) is 0 Å². The summed E-state index contributed by atoms with van der Waals surface area (Å²) in [4.78, 5) is 4.30. The van der Waals surface area contributed by atoms with Crippen molar-refractivity contribution in [3.63, 3.8) is 0 Å². The van der Waals surface area contributed by atoms with Crippen LogP contribution in [0.15, 0.2) is 65.8 Å². The van der Waals surface area contributed by atoms with E-state index in [1.165, 1.54) is 0 Å². The van der Waals surface area contributed by atoms with E-state index >= 15 is 0 Å². The third-order valence-corrected chi connectivity index (χ3v) is 5.05. The summed E-state index contributed by atoms with van der Waals surface area (Å²) in [7, 11) is -3.63. The number of nitrogens with one attached hydrogen (secondary N) is 1. The molecule has 0 radical (unpaired) electrons. The Morgan fingerprint density at radius 2 is 1.83 bits per heavy atom. The van der Waals surface area contributed by atoms with Crippen LogP contribution < -0.4 is 4.72 Å². The number of benzene rings is 1. The van der Waals surface area contributed by atoms with Crippen LogP contribution in [-0.4, -0.2) is 23.2 Å². The van der Waals surface area contributed by atoms with Crippen LogP contribution in [0, 0.1) is 6.92 Å². The van der Waals surface area contributed by atoms with E-state index in [4.69, 9.17) is 0 Å². The molecule has 2 heterocycles. The molecule has 0 aliphatic carbocycles. The van der Waals surface area contributed by atoms with Crippen LogP contribution >= 0.6 is 0 Å². The van der Waals surface area contributed by atoms with Gasteiger partial charge in [0.1, 0.15) is 4.90 Å². The van der Waals surface area contributed by atoms with Crippen molar-refractivity contribution in [1.82, 2.24) is 19.5 Å². The summed E-state index contributed by atoms with van der Waals surface area (Å²) in [5.41, 5.74) is 2.19. The summed E-state index contributed by atoms with van der Waals surface area (Å²) in [5.74, 6) is 0. The minimum atomic E-state index is -3.63. The maximum atomic E-state index is 12.5. The number of nitrogens with zero attached hydrogens (tertiary/aromatic N) is 3. The lowest BCUT2D eigenvalue weighted by atomic mass is 10.2. The zero-order valence-electron chi connectivity index (χ0n) is 13.3. The largest absolute Gasteiger partial charge is 0.267 e. The van der Waals surface area contributed by atoms with Crippen LogP contribution in [0.5, 0.6) is 0 Å². The van der Waals surface area contributed by atoms with Gasteiger partial charge < -0.3 is 0 Å². The molecule has 3 rings (SSSR count). The second-order valence-electron chi connectivity index (χ2n) is 5.41. The molecule has 0 saturated heterocycles. The third kappa shape index (κ3) is 3.87. The standard InChI is InChI=1S/C17H18N4O2S/c1-14-17(13-21(20-14)12-15-7-3-2-4-8-15)24(22,23)19-11-16-9-5-6-10-18-16/h2-10,13,19H,11-12H2,1H3. The molecule has 124 valence electrons. The molecule has 0 unspecified atom stereocenters. The second-order valence-corrected chi connectivity index (χ2v) is 7.14. The van der Waals surface area contributed by atoms with Gasteiger partial charge in [0, 0.05) is 12.4 Å². The summed E-state index contributed by atoms with van der Waals surface area (Å²) in [5, 5.41) is 4.31. The van der Waals surface area contributed by atoms with Gasteiger partial charge in [-0.15, -0.1) is 0 Å². The molecule has 1 aromatic carbocycles. The monoisotopic (exact) mass is 342 g/mol. The van der Waals surface area contributed by atoms with E-state index in [-0.39, 0.29) is 11.4 Å². The van der Waals surface area contributed by atoms with Crippen LogP contribution in [0.1, 0.15) is 17.0 Å². The average Bonchev–Trinajstić information content (AvgIpc) is 2.96. The Kier molecular flexibility index (Phi) is 4.73. The van der Waals surface area contributed by atoms with E-state index < -0.39 is 10.0 Å². The number of aromatic nitrogens is 3. The number of sulfonamides is 1. The number of hydrogen-bond donors (Lipinski definition) is 1. The summed E-state index contributed by atoms with van der Waals surface area (Å²) in [6, 6.07) is 15.2. The fourth-order valence-corrected chi connectivity index (χ4v) is 3.55. The molecule has 7 heteroatoms. The van der Waals surface area contributed by atoms with Gasteiger partial charge in [0.15, 0.2) is 0 Å². The number of rotatable bonds is 6. The van der Waals surface area contributed by atoms with Gasteiger partial charge >= 0.3 is 0 Å². The van der Waals surface area contributed by atoms with Crippen LogP contribution in [-0.2, 0) is 23.1 Å². The van der Waals surface area contributed by atoms with Gasteiger partial charge in [-0.2, -0.15) is 5.10 Å². The van der Waals surface area contributed by atoms with Gasteiger partial charge in [-0.05, 0) is 24.6 Å². The summed E-state index contributed by atoms with van der Waals surface area (Å²) < 4.78 is 29.2. The van der Waals surface area contributed by atoms with Crippen molar-refractivity contribution < 1.29 is 8.42 Å². The van der Waals surface area contributed by atoms with E-state index in [1.807, 2.05) is 36.4 Å². The fraction of sp³-hybridized carbons (Fsp3) is 0.176. The van der Waals surface area contributed by atoms with Crippen molar-refractivity contribution in [2.75, 3.05) is 0 Å². The number of aryl methyl sites for hydroxylation is 1. The Morgan fingerprint density at radius 3 is 2.54 bits per heavy atom. The smallest absolute Gasteiger partial charge is 0.244 e. The molecule has 0 bridgehead atoms. The molecule has 24 heavy (non-hydrogen) atoms. The zero-order chi connectivity index (χ0) is 17.0. The van der Waals surface area contributed by atoms with Gasteiger partial charge in [-0.25, -0.2) is 13.1 Å². The lowest BCUT2D eigenvalue weighted by molar-refractivity contribution is 0.579. The van der Waals surface area contributed by atoms with E-state index in [1.54, 1.807) is 36.1 Å². The van der Waals surface area contributed by atoms with E-state index in [0.29, 0.717) is 17.9 Å². The lowest BCUT2D eigenvalue weighted by Gasteiger charge is -2.05. The highest BCUT2D eigenvalue weighted by Gasteiger charge is 2.20. The molecule has 0 spiro atoms. The highest BCUT2D eigenvalue weighted by Crippen LogP contribution is 2.14. The highest BCUT2D eigenvalue weighted by atomic mass is 32.2. The molecule has 6 nitrogen and oxygen atoms in total. The molecule has 0 saturated carbocycles. The fourth-order valence-electron chi connectivity index (χ4n) is 2.36. The molecule has 1 N–H and O–H groups in total. The first-order valence-electron chi connectivity index (χ1n) is 7.52. The minimum Gasteiger partial charge on any atom is -0.267 e. The van der Waals surface area contributed by atoms with E-state index in [2.05, 4.69) is 14.8 Å². The van der Waals surface area contributed by atoms with Crippen LogP contribution in [0.2, 0.25) is 0 Å². The molecule has 0 atom stereocenters. The average molecular weight is 342 g/mol. The van der Waals surface area contributed by atoms with E-state index in [9.17, 15) is 8.42 Å². The van der Waals surface area contributed by atoms with Gasteiger partial charge in [-0.1, -0.05) is 36.4 Å². The van der Waals surface area contributed by atoms with Gasteiger partial charge in [0.05, 0.1) is 24.5 Å². The Balaban J connectivity index is 1.76. The van der Waals surface area contributed by atoms with Gasteiger partial charge in [-0.3, -0.25) is 9.67 Å². The SMILES string of the molecule is Cc1nn(Cc2ccccc2)cc1S(=O)(=O)NCc1ccccn1. The van der Waals surface area contributed by atoms with Crippen molar-refractivity contribution in [2.45, 2.75) is 24.9 Å². The van der Waals surface area contributed by atoms with Crippen LogP contribution in [0.3, 0.4) is 0 Å². The minimum absolute atomic E-state index is 0.145. The molecule has 0 aliphatic rings. The first-order valence-corrected chi connectivity index (χ1v) is 9.00. The molecule has 0 fully saturated rings. The Morgan fingerprint density at radius 1 is 1.08 bits per heavy atom. The maximum absolute atomic E-state index is 12.5. The van der Waals surface area contributed by atoms with Crippen LogP contribution in [0.4, 0.5) is 0 Å². The maximum Gasteiger partial charge on any atom is 0.244 e. The molecule has 3 aromatic rings. The van der Waals surface area contributed by atoms with Crippen molar-refractivity contribution in [3.05, 3.63) is 77.9 Å². The molecule has 2 aromatic heterocycles. The van der Waals surface area contributed by atoms with Crippen molar-refractivity contribution in [3.8, 4) is 0 Å². The summed E-state index contributed by atoms with van der Waals surface area (Å²) in [6.45, 7) is 2.36. The topological polar surface area (TPSA) is 76.9 Å². The molecule has 0 aliphatic heterocycles. The van der Waals surface area contributed by atoms with Crippen LogP contribution in [0.25, 0.3) is 0 Å². The number of pyridine rings is 1. The molecule has 0 amide bonds. The van der Waals surface area contributed by atoms with Gasteiger partial charge in [0.2, 0.25) is 10.0 Å². The summed E-state index contributed by atoms with van der Waals surface area (Å²) >= 11 is 0. The Labute approximate surface area is 141 Å². The van der Waals surface area contributed by atoms with Crippen molar-refractivity contribution in [2.24, 2.45) is 0 Å². The van der Waals surface area contributed by atoms with Crippen molar-refractivity contribution in [1.29, 1.82) is 0 Å².